The maximum atomic E-state index is 2.43. The maximum Gasteiger partial charge on any atom is 0.0935 e. The molecule has 86 valence electrons. The van der Waals surface area contributed by atoms with Gasteiger partial charge in [0.15, 0.2) is 0 Å². The molecule has 1 unspecified atom stereocenters. The van der Waals surface area contributed by atoms with Crippen molar-refractivity contribution < 1.29 is 0 Å². The summed E-state index contributed by atoms with van der Waals surface area (Å²) in [6.45, 7) is 9.62. The summed E-state index contributed by atoms with van der Waals surface area (Å²) in [5, 5.41) is 0. The van der Waals surface area contributed by atoms with Gasteiger partial charge in [0.2, 0.25) is 0 Å². The fraction of sp³-hybridized carbons (Fsp3) is 0.571. The first kappa shape index (κ1) is 11.0. The Morgan fingerprint density at radius 2 is 1.75 bits per heavy atom. The first-order chi connectivity index (χ1) is 7.41. The first-order valence-electron chi connectivity index (χ1n) is 5.83. The fourth-order valence-electron chi connectivity index (χ4n) is 2.79. The van der Waals surface area contributed by atoms with E-state index in [4.69, 9.17) is 0 Å². The highest BCUT2D eigenvalue weighted by Gasteiger charge is 2.68. The highest BCUT2D eigenvalue weighted by Crippen LogP contribution is 2.79. The van der Waals surface area contributed by atoms with Crippen LogP contribution < -0.4 is 0 Å². The van der Waals surface area contributed by atoms with Crippen molar-refractivity contribution in [2.24, 2.45) is 5.41 Å². The van der Waals surface area contributed by atoms with Crippen LogP contribution >= 0.6 is 23.5 Å². The van der Waals surface area contributed by atoms with Gasteiger partial charge in [-0.3, -0.25) is 0 Å². The summed E-state index contributed by atoms with van der Waals surface area (Å²) in [5.41, 5.74) is 3.49. The van der Waals surface area contributed by atoms with Crippen molar-refractivity contribution in [1.82, 2.24) is 0 Å². The molecule has 3 rings (SSSR count). The molecule has 0 N–H and O–H groups in total. The highest BCUT2D eigenvalue weighted by atomic mass is 32.2. The van der Waals surface area contributed by atoms with Crippen molar-refractivity contribution in [3.63, 3.8) is 0 Å². The van der Waals surface area contributed by atoms with Crippen molar-refractivity contribution in [3.8, 4) is 0 Å². The zero-order valence-corrected chi connectivity index (χ0v) is 12.0. The summed E-state index contributed by atoms with van der Waals surface area (Å²) in [6, 6.07) is 8.98. The molecule has 2 aliphatic heterocycles. The first-order valence-corrected chi connectivity index (χ1v) is 7.63. The third-order valence-electron chi connectivity index (χ3n) is 4.53. The van der Waals surface area contributed by atoms with Gasteiger partial charge in [0.1, 0.15) is 0 Å². The molecule has 1 aromatic rings. The Bertz CT molecular complexity index is 448. The normalized spacial score (nSPS) is 33.5. The minimum Gasteiger partial charge on any atom is -0.134 e. The number of fused-ring (bicyclic) bond motifs is 2. The number of thioether (sulfide) groups is 2. The molecule has 0 nitrogen and oxygen atoms in total. The predicted octanol–water partition coefficient (Wildman–Crippen LogP) is 4.64. The van der Waals surface area contributed by atoms with Crippen LogP contribution in [0.2, 0.25) is 0 Å². The van der Waals surface area contributed by atoms with Crippen LogP contribution in [0.4, 0.5) is 0 Å². The molecule has 1 fully saturated rings. The van der Waals surface area contributed by atoms with Crippen molar-refractivity contribution in [1.29, 1.82) is 0 Å². The van der Waals surface area contributed by atoms with E-state index in [9.17, 15) is 0 Å². The Morgan fingerprint density at radius 1 is 1.06 bits per heavy atom. The van der Waals surface area contributed by atoms with E-state index in [1.807, 2.05) is 0 Å². The van der Waals surface area contributed by atoms with Gasteiger partial charge in [0.25, 0.3) is 0 Å². The minimum atomic E-state index is 0.313. The Morgan fingerprint density at radius 3 is 2.38 bits per heavy atom. The standard InChI is InChI=1S/C14H18S2/c1-12(2)13(3,4)16-14(12)11-8-6-5-7-10(11)9-15-14/h5-8H,9H2,1-4H3. The van der Waals surface area contributed by atoms with Gasteiger partial charge >= 0.3 is 0 Å². The lowest BCUT2D eigenvalue weighted by atomic mass is 9.72. The van der Waals surface area contributed by atoms with Crippen LogP contribution in [0.25, 0.3) is 0 Å². The van der Waals surface area contributed by atoms with Gasteiger partial charge < -0.3 is 0 Å². The molecule has 0 bridgehead atoms. The Balaban J connectivity index is 2.12. The zero-order chi connectivity index (χ0) is 11.6. The van der Waals surface area contributed by atoms with Crippen LogP contribution in [-0.4, -0.2) is 4.75 Å². The van der Waals surface area contributed by atoms with E-state index in [0.29, 0.717) is 14.2 Å². The second kappa shape index (κ2) is 3.02. The fourth-order valence-corrected chi connectivity index (χ4v) is 7.27. The molecule has 1 atom stereocenters. The van der Waals surface area contributed by atoms with Gasteiger partial charge in [-0.15, -0.1) is 23.5 Å². The summed E-state index contributed by atoms with van der Waals surface area (Å²) in [6.07, 6.45) is 0. The van der Waals surface area contributed by atoms with E-state index in [2.05, 4.69) is 75.5 Å². The lowest BCUT2D eigenvalue weighted by Gasteiger charge is -2.64. The van der Waals surface area contributed by atoms with Gasteiger partial charge in [-0.2, -0.15) is 0 Å². The molecule has 0 saturated carbocycles. The van der Waals surface area contributed by atoms with Gasteiger partial charge in [-0.05, 0) is 11.1 Å². The zero-order valence-electron chi connectivity index (χ0n) is 10.3. The largest absolute Gasteiger partial charge is 0.134 e. The van der Waals surface area contributed by atoms with E-state index >= 15 is 0 Å². The minimum absolute atomic E-state index is 0.313. The molecule has 0 radical (unpaired) electrons. The number of hydrogen-bond acceptors (Lipinski definition) is 2. The summed E-state index contributed by atoms with van der Waals surface area (Å²) in [7, 11) is 0. The molecule has 0 aromatic heterocycles. The second-order valence-corrected chi connectivity index (χ2v) is 9.09. The molecule has 1 aromatic carbocycles. The molecular formula is C14H18S2. The quantitative estimate of drug-likeness (QED) is 0.658. The van der Waals surface area contributed by atoms with Crippen LogP contribution in [0, 0.1) is 5.41 Å². The van der Waals surface area contributed by atoms with Gasteiger partial charge in [0, 0.05) is 15.9 Å². The third kappa shape index (κ3) is 1.06. The molecule has 1 saturated heterocycles. The lowest BCUT2D eigenvalue weighted by Crippen LogP contribution is -2.59. The summed E-state index contributed by atoms with van der Waals surface area (Å²) >= 11 is 4.29. The topological polar surface area (TPSA) is 0 Å². The van der Waals surface area contributed by atoms with Gasteiger partial charge in [-0.25, -0.2) is 0 Å². The highest BCUT2D eigenvalue weighted by molar-refractivity contribution is 8.19. The smallest absolute Gasteiger partial charge is 0.0935 e. The molecule has 0 amide bonds. The average Bonchev–Trinajstić information content (AvgIpc) is 2.60. The van der Waals surface area contributed by atoms with Crippen LogP contribution in [0.1, 0.15) is 38.8 Å². The van der Waals surface area contributed by atoms with Crippen LogP contribution in [0.15, 0.2) is 24.3 Å². The monoisotopic (exact) mass is 250 g/mol. The predicted molar refractivity (Wildman–Crippen MR) is 74.9 cm³/mol. The molecule has 1 spiro atoms. The van der Waals surface area contributed by atoms with Gasteiger partial charge in [0.05, 0.1) is 4.08 Å². The second-order valence-electron chi connectivity index (χ2n) is 5.80. The van der Waals surface area contributed by atoms with E-state index in [1.54, 1.807) is 11.1 Å². The van der Waals surface area contributed by atoms with E-state index in [0.717, 1.165) is 0 Å². The molecule has 0 aliphatic carbocycles. The average molecular weight is 250 g/mol. The van der Waals surface area contributed by atoms with Crippen molar-refractivity contribution in [2.45, 2.75) is 42.3 Å². The maximum absolute atomic E-state index is 2.43. The third-order valence-corrected chi connectivity index (χ3v) is 8.76. The molecule has 2 aliphatic rings. The van der Waals surface area contributed by atoms with Crippen LogP contribution in [-0.2, 0) is 9.83 Å². The van der Waals surface area contributed by atoms with Gasteiger partial charge in [-0.1, -0.05) is 52.0 Å². The SMILES string of the molecule is CC1(C)SC2(SCc3ccccc32)C1(C)C. The van der Waals surface area contributed by atoms with Crippen molar-refractivity contribution in [2.75, 3.05) is 0 Å². The Hall–Kier alpha value is -0.0800. The van der Waals surface area contributed by atoms with Crippen molar-refractivity contribution >= 4 is 23.5 Å². The van der Waals surface area contributed by atoms with E-state index < -0.39 is 0 Å². The summed E-state index contributed by atoms with van der Waals surface area (Å²) in [4.78, 5) is 0. The Kier molecular flexibility index (Phi) is 2.09. The number of benzene rings is 1. The number of hydrogen-bond donors (Lipinski definition) is 0. The van der Waals surface area contributed by atoms with Crippen LogP contribution in [0.3, 0.4) is 0 Å². The molecule has 16 heavy (non-hydrogen) atoms. The Labute approximate surface area is 107 Å². The number of rotatable bonds is 0. The van der Waals surface area contributed by atoms with E-state index in [-0.39, 0.29) is 0 Å². The lowest BCUT2D eigenvalue weighted by molar-refractivity contribution is 0.213. The molecular weight excluding hydrogens is 232 g/mol. The summed E-state index contributed by atoms with van der Waals surface area (Å²) < 4.78 is 0.699. The van der Waals surface area contributed by atoms with Crippen molar-refractivity contribution in [3.05, 3.63) is 35.4 Å². The summed E-state index contributed by atoms with van der Waals surface area (Å²) in [5.74, 6) is 1.18. The van der Waals surface area contributed by atoms with Crippen LogP contribution in [0.5, 0.6) is 0 Å². The molecule has 2 heterocycles. The molecule has 2 heteroatoms. The van der Waals surface area contributed by atoms with E-state index in [1.165, 1.54) is 5.75 Å².